The van der Waals surface area contributed by atoms with Gasteiger partial charge in [-0.15, -0.1) is 0 Å². The number of aromatic hydroxyl groups is 1. The number of rotatable bonds is 2. The third kappa shape index (κ3) is 3.72. The zero-order valence-corrected chi connectivity index (χ0v) is 22.9. The van der Waals surface area contributed by atoms with Crippen molar-refractivity contribution >= 4 is 34.1 Å². The zero-order valence-electron chi connectivity index (χ0n) is 22.9. The molecule has 2 aromatic carbocycles. The molecule has 1 amide bonds. The Morgan fingerprint density at radius 3 is 2.46 bits per heavy atom. The number of para-hydroxylation sites is 1. The van der Waals surface area contributed by atoms with Crippen LogP contribution < -0.4 is 5.73 Å². The summed E-state index contributed by atoms with van der Waals surface area (Å²) in [7, 11) is 0. The number of phenolic OH excluding ortho intramolecular Hbond substituents is 1. The van der Waals surface area contributed by atoms with Gasteiger partial charge in [0.25, 0.3) is 5.91 Å². The first-order valence-electron chi connectivity index (χ1n) is 13.5. The van der Waals surface area contributed by atoms with Crippen LogP contribution in [0.25, 0.3) is 27.8 Å². The number of benzene rings is 2. The maximum atomic E-state index is 13.9. The topological polar surface area (TPSA) is 171 Å². The molecule has 9 nitrogen and oxygen atoms in total. The number of phenols is 1. The highest BCUT2D eigenvalue weighted by Gasteiger charge is 2.60. The van der Waals surface area contributed by atoms with Crippen molar-refractivity contribution in [3.05, 3.63) is 76.2 Å². The molecule has 3 atom stereocenters. The lowest BCUT2D eigenvalue weighted by Gasteiger charge is -2.46. The van der Waals surface area contributed by atoms with Gasteiger partial charge in [-0.2, -0.15) is 0 Å². The van der Waals surface area contributed by atoms with Crippen LogP contribution in [0.5, 0.6) is 5.75 Å². The van der Waals surface area contributed by atoms with Gasteiger partial charge in [0.1, 0.15) is 22.8 Å². The van der Waals surface area contributed by atoms with Crippen molar-refractivity contribution in [1.29, 1.82) is 0 Å². The highest BCUT2D eigenvalue weighted by atomic mass is 16.3. The van der Waals surface area contributed by atoms with E-state index in [1.807, 2.05) is 57.2 Å². The van der Waals surface area contributed by atoms with Crippen LogP contribution in [0.4, 0.5) is 0 Å². The molecule has 3 aromatic rings. The molecule has 0 bridgehead atoms. The summed E-state index contributed by atoms with van der Waals surface area (Å²) in [5.74, 6) is -6.44. The second kappa shape index (κ2) is 8.75. The fourth-order valence-electron chi connectivity index (χ4n) is 6.74. The van der Waals surface area contributed by atoms with Gasteiger partial charge in [0.05, 0.1) is 11.1 Å². The monoisotopic (exact) mass is 554 g/mol. The number of carbonyl (C=O) groups excluding carboxylic acids is 3. The predicted octanol–water partition coefficient (Wildman–Crippen LogP) is 3.94. The summed E-state index contributed by atoms with van der Waals surface area (Å²) in [6.07, 6.45) is 1.66. The van der Waals surface area contributed by atoms with Gasteiger partial charge in [-0.05, 0) is 53.5 Å². The van der Waals surface area contributed by atoms with Gasteiger partial charge in [0.2, 0.25) is 5.78 Å². The Kier molecular flexibility index (Phi) is 5.70. The smallest absolute Gasteiger partial charge is 0.255 e. The first-order valence-corrected chi connectivity index (χ1v) is 13.5. The van der Waals surface area contributed by atoms with E-state index in [1.54, 1.807) is 6.20 Å². The Bertz CT molecular complexity index is 1780. The van der Waals surface area contributed by atoms with E-state index in [0.29, 0.717) is 11.1 Å². The predicted molar refractivity (Wildman–Crippen MR) is 151 cm³/mol. The zero-order chi connectivity index (χ0) is 29.6. The van der Waals surface area contributed by atoms with Crippen LogP contribution in [-0.4, -0.2) is 48.5 Å². The largest absolute Gasteiger partial charge is 0.508 e. The number of pyridine rings is 1. The molecule has 6 N–H and O–H groups in total. The summed E-state index contributed by atoms with van der Waals surface area (Å²) >= 11 is 0. The van der Waals surface area contributed by atoms with Gasteiger partial charge >= 0.3 is 0 Å². The minimum Gasteiger partial charge on any atom is -0.508 e. The van der Waals surface area contributed by atoms with Crippen molar-refractivity contribution in [1.82, 2.24) is 4.98 Å². The molecule has 0 unspecified atom stereocenters. The number of primary amides is 1. The highest BCUT2D eigenvalue weighted by Crippen LogP contribution is 2.54. The fraction of sp³-hybridized carbons (Fsp3) is 0.312. The van der Waals surface area contributed by atoms with Gasteiger partial charge in [0, 0.05) is 40.6 Å². The molecule has 0 radical (unpaired) electrons. The SMILES string of the molecule is CC(C)(C)c1cc(-c2cnc3ccccc3c2)c2c(c1O)C(O)=C1C(=O)[C@]3(O)C(O)=C(C(N)=O)C(=O)C[C@@H]3C[C@@H]1C2. The number of hydrogen-bond acceptors (Lipinski definition) is 8. The fourth-order valence-corrected chi connectivity index (χ4v) is 6.74. The van der Waals surface area contributed by atoms with Crippen molar-refractivity contribution in [2.24, 2.45) is 17.6 Å². The maximum absolute atomic E-state index is 13.9. The number of Topliss-reactive ketones (excluding diaryl/α,β-unsaturated/α-hetero) is 2. The van der Waals surface area contributed by atoms with E-state index < -0.39 is 57.4 Å². The number of hydrogen-bond donors (Lipinski definition) is 5. The Morgan fingerprint density at radius 1 is 1.07 bits per heavy atom. The Balaban J connectivity index is 1.61. The number of ketones is 2. The lowest BCUT2D eigenvalue weighted by molar-refractivity contribution is -0.147. The van der Waals surface area contributed by atoms with E-state index in [4.69, 9.17) is 5.73 Å². The van der Waals surface area contributed by atoms with Crippen LogP contribution >= 0.6 is 0 Å². The van der Waals surface area contributed by atoms with Gasteiger partial charge in [0.15, 0.2) is 11.4 Å². The summed E-state index contributed by atoms with van der Waals surface area (Å²) < 4.78 is 0. The summed E-state index contributed by atoms with van der Waals surface area (Å²) in [5.41, 5.74) is 4.68. The van der Waals surface area contributed by atoms with Crippen molar-refractivity contribution in [3.63, 3.8) is 0 Å². The Hall–Kier alpha value is -4.50. The molecule has 9 heteroatoms. The standard InChI is InChI=1S/C32H30N2O7/c1-31(2,3)20-12-18(16-8-14-6-4-5-7-21(14)34-13-16)19-10-15-9-17-11-22(35)25(30(33)40)29(39)32(17,41)28(38)23(15)27(37)24(19)26(20)36/h4-8,12-13,15,17,36-37,39,41H,9-11H2,1-3H3,(H2,33,40)/t15-,17+,32+/m1/s1. The molecular formula is C32H30N2O7. The van der Waals surface area contributed by atoms with Crippen molar-refractivity contribution in [2.45, 2.75) is 51.0 Å². The Morgan fingerprint density at radius 2 is 1.78 bits per heavy atom. The van der Waals surface area contributed by atoms with Gasteiger partial charge in [-0.25, -0.2) is 0 Å². The molecule has 0 spiro atoms. The lowest BCUT2D eigenvalue weighted by atomic mass is 9.59. The number of aliphatic hydroxyl groups is 3. The van der Waals surface area contributed by atoms with Crippen LogP contribution in [0.15, 0.2) is 59.5 Å². The second-order valence-corrected chi connectivity index (χ2v) is 12.2. The van der Waals surface area contributed by atoms with Crippen molar-refractivity contribution < 1.29 is 34.8 Å². The van der Waals surface area contributed by atoms with Crippen LogP contribution in [0, 0.1) is 11.8 Å². The average Bonchev–Trinajstić information content (AvgIpc) is 2.89. The number of fused-ring (bicyclic) bond motifs is 4. The van der Waals surface area contributed by atoms with Gasteiger partial charge < -0.3 is 26.2 Å². The number of aromatic nitrogens is 1. The number of nitrogens with two attached hydrogens (primary N) is 1. The summed E-state index contributed by atoms with van der Waals surface area (Å²) in [6.45, 7) is 5.75. The van der Waals surface area contributed by atoms with Crippen LogP contribution in [-0.2, 0) is 26.2 Å². The molecule has 3 aliphatic carbocycles. The molecule has 210 valence electrons. The van der Waals surface area contributed by atoms with Crippen LogP contribution in [0.2, 0.25) is 0 Å². The maximum Gasteiger partial charge on any atom is 0.255 e. The molecule has 6 rings (SSSR count). The van der Waals surface area contributed by atoms with E-state index in [-0.39, 0.29) is 36.1 Å². The molecule has 0 saturated heterocycles. The third-order valence-electron chi connectivity index (χ3n) is 8.77. The van der Waals surface area contributed by atoms with Crippen molar-refractivity contribution in [3.8, 4) is 16.9 Å². The average molecular weight is 555 g/mol. The van der Waals surface area contributed by atoms with Gasteiger partial charge in [-0.1, -0.05) is 39.0 Å². The normalized spacial score (nSPS) is 24.3. The molecule has 41 heavy (non-hydrogen) atoms. The molecular weight excluding hydrogens is 524 g/mol. The summed E-state index contributed by atoms with van der Waals surface area (Å²) in [6, 6.07) is 11.5. The summed E-state index contributed by atoms with van der Waals surface area (Å²) in [5, 5.41) is 46.4. The number of amides is 1. The number of carbonyl (C=O) groups is 3. The first-order chi connectivity index (χ1) is 19.2. The van der Waals surface area contributed by atoms with Crippen LogP contribution in [0.3, 0.4) is 0 Å². The molecule has 1 heterocycles. The van der Waals surface area contributed by atoms with Crippen LogP contribution in [0.1, 0.15) is 50.3 Å². The van der Waals surface area contributed by atoms with E-state index in [2.05, 4.69) is 4.98 Å². The van der Waals surface area contributed by atoms with E-state index in [9.17, 15) is 34.8 Å². The first kappa shape index (κ1) is 26.7. The van der Waals surface area contributed by atoms with E-state index in [1.165, 1.54) is 0 Å². The molecule has 1 saturated carbocycles. The Labute approximate surface area is 235 Å². The van der Waals surface area contributed by atoms with E-state index in [0.717, 1.165) is 22.0 Å². The van der Waals surface area contributed by atoms with Crippen molar-refractivity contribution in [2.75, 3.05) is 0 Å². The quantitative estimate of drug-likeness (QED) is 0.297. The molecule has 1 aromatic heterocycles. The molecule has 0 aliphatic heterocycles. The molecule has 3 aliphatic rings. The minimum atomic E-state index is -2.60. The molecule has 1 fully saturated rings. The summed E-state index contributed by atoms with van der Waals surface area (Å²) in [4.78, 5) is 43.1. The minimum absolute atomic E-state index is 0.0696. The van der Waals surface area contributed by atoms with E-state index >= 15 is 0 Å². The third-order valence-corrected chi connectivity index (χ3v) is 8.77. The number of aliphatic hydroxyl groups excluding tert-OH is 2. The lowest BCUT2D eigenvalue weighted by Crippen LogP contribution is -2.58. The highest BCUT2D eigenvalue weighted by molar-refractivity contribution is 6.22. The van der Waals surface area contributed by atoms with Gasteiger partial charge in [-0.3, -0.25) is 19.4 Å². The number of nitrogens with zero attached hydrogens (tertiary/aromatic N) is 1. The second-order valence-electron chi connectivity index (χ2n) is 12.2.